The highest BCUT2D eigenvalue weighted by molar-refractivity contribution is 7.92. The molecule has 0 bridgehead atoms. The van der Waals surface area contributed by atoms with Crippen LogP contribution in [0.15, 0.2) is 80.8 Å². The van der Waals surface area contributed by atoms with E-state index >= 15 is 0 Å². The van der Waals surface area contributed by atoms with Gasteiger partial charge in [-0.3, -0.25) is 9.52 Å². The van der Waals surface area contributed by atoms with Crippen molar-refractivity contribution in [2.24, 2.45) is 0 Å². The third kappa shape index (κ3) is 5.58. The summed E-state index contributed by atoms with van der Waals surface area (Å²) in [7, 11) is -3.78. The second-order valence-corrected chi connectivity index (χ2v) is 13.4. The second-order valence-electron chi connectivity index (χ2n) is 11.7. The lowest BCUT2D eigenvalue weighted by Crippen LogP contribution is -2.19. The van der Waals surface area contributed by atoms with E-state index in [0.29, 0.717) is 16.7 Å². The maximum Gasteiger partial charge on any atom is 0.347 e. The zero-order valence-corrected chi connectivity index (χ0v) is 23.6. The minimum atomic E-state index is -3.78. The van der Waals surface area contributed by atoms with Gasteiger partial charge < -0.3 is 4.42 Å². The summed E-state index contributed by atoms with van der Waals surface area (Å²) in [6.07, 6.45) is 0. The molecule has 0 saturated heterocycles. The minimum absolute atomic E-state index is 0.0728. The van der Waals surface area contributed by atoms with Gasteiger partial charge in [-0.15, -0.1) is 0 Å². The predicted molar refractivity (Wildman–Crippen MR) is 152 cm³/mol. The number of ketones is 1. The van der Waals surface area contributed by atoms with Crippen LogP contribution in [0.4, 0.5) is 5.69 Å². The Morgan fingerprint density at radius 1 is 0.816 bits per heavy atom. The van der Waals surface area contributed by atoms with Gasteiger partial charge in [0.15, 0.2) is 5.78 Å². The Morgan fingerprint density at radius 2 is 1.42 bits per heavy atom. The zero-order chi connectivity index (χ0) is 28.0. The highest BCUT2D eigenvalue weighted by Gasteiger charge is 2.25. The molecule has 0 aliphatic carbocycles. The number of carbonyl (C=O) groups is 1. The number of sulfonamides is 1. The maximum absolute atomic E-state index is 13.3. The third-order valence-electron chi connectivity index (χ3n) is 6.48. The van der Waals surface area contributed by atoms with Crippen LogP contribution in [0.5, 0.6) is 0 Å². The fourth-order valence-electron chi connectivity index (χ4n) is 4.16. The van der Waals surface area contributed by atoms with Crippen molar-refractivity contribution in [3.63, 3.8) is 0 Å². The first-order valence-corrected chi connectivity index (χ1v) is 13.9. The van der Waals surface area contributed by atoms with Gasteiger partial charge in [-0.2, -0.15) is 0 Å². The van der Waals surface area contributed by atoms with Crippen molar-refractivity contribution in [2.45, 2.75) is 64.2 Å². The maximum atomic E-state index is 13.3. The molecule has 0 aliphatic heterocycles. The van der Waals surface area contributed by atoms with Gasteiger partial charge in [0.1, 0.15) is 11.1 Å². The SMILES string of the molecule is Cc1ccc(S(=O)(=O)Nc2ccc(C(=O)c3cc4cc(C(C)(C)C)cc(C(C)(C)C)c4oc3=O)cc2)cc1. The molecular weight excluding hydrogens is 498 g/mol. The Hall–Kier alpha value is -3.71. The molecule has 38 heavy (non-hydrogen) atoms. The molecule has 198 valence electrons. The van der Waals surface area contributed by atoms with Gasteiger partial charge in [-0.1, -0.05) is 65.3 Å². The van der Waals surface area contributed by atoms with Gasteiger partial charge in [0, 0.05) is 22.2 Å². The van der Waals surface area contributed by atoms with Crippen molar-refractivity contribution in [1.82, 2.24) is 0 Å². The van der Waals surface area contributed by atoms with E-state index in [2.05, 4.69) is 52.3 Å². The van der Waals surface area contributed by atoms with E-state index in [1.165, 1.54) is 36.4 Å². The molecule has 4 rings (SSSR count). The van der Waals surface area contributed by atoms with Crippen LogP contribution < -0.4 is 10.3 Å². The summed E-state index contributed by atoms with van der Waals surface area (Å²) in [4.78, 5) is 26.4. The number of hydrogen-bond acceptors (Lipinski definition) is 5. The molecule has 1 N–H and O–H groups in total. The Balaban J connectivity index is 1.70. The number of rotatable bonds is 5. The number of hydrogen-bond donors (Lipinski definition) is 1. The fourth-order valence-corrected chi connectivity index (χ4v) is 5.22. The van der Waals surface area contributed by atoms with E-state index in [-0.39, 0.29) is 26.9 Å². The summed E-state index contributed by atoms with van der Waals surface area (Å²) in [6, 6.07) is 18.1. The fraction of sp³-hybridized carbons (Fsp3) is 0.290. The van der Waals surface area contributed by atoms with E-state index in [0.717, 1.165) is 16.7 Å². The van der Waals surface area contributed by atoms with Gasteiger partial charge in [0.2, 0.25) is 0 Å². The summed E-state index contributed by atoms with van der Waals surface area (Å²) < 4.78 is 33.6. The van der Waals surface area contributed by atoms with Crippen molar-refractivity contribution in [2.75, 3.05) is 4.72 Å². The normalized spacial score (nSPS) is 12.5. The molecule has 0 saturated carbocycles. The van der Waals surface area contributed by atoms with Crippen molar-refractivity contribution in [1.29, 1.82) is 0 Å². The summed E-state index contributed by atoms with van der Waals surface area (Å²) in [5, 5.41) is 0.688. The van der Waals surface area contributed by atoms with Gasteiger partial charge in [0.05, 0.1) is 4.90 Å². The first-order valence-electron chi connectivity index (χ1n) is 12.4. The Morgan fingerprint density at radius 3 is 1.97 bits per heavy atom. The van der Waals surface area contributed by atoms with E-state index in [9.17, 15) is 18.0 Å². The van der Waals surface area contributed by atoms with Crippen LogP contribution in [0.3, 0.4) is 0 Å². The topological polar surface area (TPSA) is 93.4 Å². The van der Waals surface area contributed by atoms with Crippen molar-refractivity contribution in [3.8, 4) is 0 Å². The second kappa shape index (κ2) is 9.55. The van der Waals surface area contributed by atoms with Crippen LogP contribution >= 0.6 is 0 Å². The molecule has 1 heterocycles. The zero-order valence-electron chi connectivity index (χ0n) is 22.8. The van der Waals surface area contributed by atoms with Crippen LogP contribution in [0.25, 0.3) is 11.0 Å². The highest BCUT2D eigenvalue weighted by atomic mass is 32.2. The molecule has 7 heteroatoms. The molecule has 0 unspecified atom stereocenters. The average molecular weight is 532 g/mol. The first-order chi connectivity index (χ1) is 17.6. The molecule has 6 nitrogen and oxygen atoms in total. The lowest BCUT2D eigenvalue weighted by Gasteiger charge is -2.26. The van der Waals surface area contributed by atoms with E-state index in [1.54, 1.807) is 18.2 Å². The van der Waals surface area contributed by atoms with Gasteiger partial charge >= 0.3 is 5.63 Å². The lowest BCUT2D eigenvalue weighted by molar-refractivity contribution is 0.103. The highest BCUT2D eigenvalue weighted by Crippen LogP contribution is 2.35. The summed E-state index contributed by atoms with van der Waals surface area (Å²) in [5.74, 6) is -0.493. The smallest absolute Gasteiger partial charge is 0.347 e. The number of fused-ring (bicyclic) bond motifs is 1. The minimum Gasteiger partial charge on any atom is -0.422 e. The van der Waals surface area contributed by atoms with Gasteiger partial charge in [-0.05, 0) is 71.8 Å². The molecule has 3 aromatic carbocycles. The molecule has 0 atom stereocenters. The molecule has 0 aliphatic rings. The predicted octanol–water partition coefficient (Wildman–Crippen LogP) is 6.73. The number of nitrogens with one attached hydrogen (secondary N) is 1. The summed E-state index contributed by atoms with van der Waals surface area (Å²) in [5.41, 5.74) is 2.77. The summed E-state index contributed by atoms with van der Waals surface area (Å²) >= 11 is 0. The quantitative estimate of drug-likeness (QED) is 0.228. The molecule has 0 fully saturated rings. The molecule has 1 aromatic heterocycles. The molecule has 0 spiro atoms. The van der Waals surface area contributed by atoms with Crippen molar-refractivity contribution >= 4 is 32.5 Å². The van der Waals surface area contributed by atoms with E-state index < -0.39 is 21.4 Å². The standard InChI is InChI=1S/C31H33NO5S/c1-19-8-14-24(15-9-19)38(35,36)32-23-12-10-20(11-13-23)27(33)25-17-21-16-22(30(2,3)4)18-26(31(5,6)7)28(21)37-29(25)34/h8-18,32H,1-7H3. The van der Waals surface area contributed by atoms with Crippen molar-refractivity contribution < 1.29 is 17.6 Å². The Bertz CT molecular complexity index is 1680. The van der Waals surface area contributed by atoms with E-state index in [4.69, 9.17) is 4.42 Å². The van der Waals surface area contributed by atoms with Crippen LogP contribution in [0, 0.1) is 6.92 Å². The molecular formula is C31H33NO5S. The van der Waals surface area contributed by atoms with Crippen molar-refractivity contribution in [3.05, 3.63) is 105 Å². The van der Waals surface area contributed by atoms with Crippen LogP contribution in [0.1, 0.15) is 74.2 Å². The Labute approximate surface area is 223 Å². The number of carbonyl (C=O) groups excluding carboxylic acids is 1. The Kier molecular flexibility index (Phi) is 6.87. The average Bonchev–Trinajstić information content (AvgIpc) is 2.82. The first kappa shape index (κ1) is 27.3. The van der Waals surface area contributed by atoms with Crippen LogP contribution in [-0.2, 0) is 20.9 Å². The van der Waals surface area contributed by atoms with Crippen LogP contribution in [-0.4, -0.2) is 14.2 Å². The number of aryl methyl sites for hydroxylation is 1. The van der Waals surface area contributed by atoms with Gasteiger partial charge in [-0.25, -0.2) is 13.2 Å². The summed E-state index contributed by atoms with van der Waals surface area (Å²) in [6.45, 7) is 14.4. The molecule has 0 radical (unpaired) electrons. The van der Waals surface area contributed by atoms with E-state index in [1.807, 2.05) is 13.0 Å². The molecule has 0 amide bonds. The molecule has 4 aromatic rings. The number of anilines is 1. The largest absolute Gasteiger partial charge is 0.422 e. The monoisotopic (exact) mass is 531 g/mol. The number of benzene rings is 3. The van der Waals surface area contributed by atoms with Crippen LogP contribution in [0.2, 0.25) is 0 Å². The lowest BCUT2D eigenvalue weighted by atomic mass is 9.79. The van der Waals surface area contributed by atoms with Gasteiger partial charge in [0.25, 0.3) is 10.0 Å². The third-order valence-corrected chi connectivity index (χ3v) is 7.88.